The molecule has 0 bridgehead atoms. The van der Waals surface area contributed by atoms with Crippen LogP contribution in [-0.4, -0.2) is 39.6 Å². The van der Waals surface area contributed by atoms with Gasteiger partial charge in [0.05, 0.1) is 24.3 Å². The summed E-state index contributed by atoms with van der Waals surface area (Å²) in [4.78, 5) is 17.1. The number of aliphatic hydroxyl groups is 1. The van der Waals surface area contributed by atoms with E-state index in [4.69, 9.17) is 0 Å². The minimum atomic E-state index is -0.679. The number of nitrogens with zero attached hydrogens (tertiary/aromatic N) is 1. The third-order valence-corrected chi connectivity index (χ3v) is 3.74. The van der Waals surface area contributed by atoms with Crippen LogP contribution in [0.15, 0.2) is 30.5 Å². The summed E-state index contributed by atoms with van der Waals surface area (Å²) < 4.78 is 0. The van der Waals surface area contributed by atoms with E-state index in [1.165, 1.54) is 0 Å². The number of hydrogen-bond donors (Lipinski definition) is 2. The predicted octanol–water partition coefficient (Wildman–Crippen LogP) is 1.76. The van der Waals surface area contributed by atoms with Crippen molar-refractivity contribution in [2.45, 2.75) is 18.9 Å². The lowest BCUT2D eigenvalue weighted by Crippen LogP contribution is -2.63. The molecule has 94 valence electrons. The van der Waals surface area contributed by atoms with Gasteiger partial charge in [-0.1, -0.05) is 25.1 Å². The zero-order chi connectivity index (χ0) is 12.8. The van der Waals surface area contributed by atoms with E-state index in [-0.39, 0.29) is 5.91 Å². The number of benzene rings is 1. The summed E-state index contributed by atoms with van der Waals surface area (Å²) in [5.41, 5.74) is 0.970. The average Bonchev–Trinajstić information content (AvgIpc) is 2.78. The molecule has 0 spiro atoms. The molecule has 2 heterocycles. The van der Waals surface area contributed by atoms with Crippen molar-refractivity contribution in [2.75, 3.05) is 13.1 Å². The number of nitrogens with one attached hydrogen (secondary N) is 1. The van der Waals surface area contributed by atoms with E-state index < -0.39 is 5.60 Å². The van der Waals surface area contributed by atoms with Crippen LogP contribution in [0.4, 0.5) is 0 Å². The minimum Gasteiger partial charge on any atom is -0.386 e. The van der Waals surface area contributed by atoms with Crippen LogP contribution in [-0.2, 0) is 0 Å². The second kappa shape index (κ2) is 3.85. The van der Waals surface area contributed by atoms with Gasteiger partial charge in [0.15, 0.2) is 0 Å². The first kappa shape index (κ1) is 11.3. The smallest absolute Gasteiger partial charge is 0.256 e. The molecule has 1 saturated heterocycles. The Morgan fingerprint density at radius 2 is 2.17 bits per heavy atom. The first-order valence-corrected chi connectivity index (χ1v) is 6.21. The Bertz CT molecular complexity index is 597. The molecule has 0 saturated carbocycles. The molecule has 0 atom stereocenters. The van der Waals surface area contributed by atoms with Gasteiger partial charge in [0, 0.05) is 17.1 Å². The number of carbonyl (C=O) groups excluding carboxylic acids is 1. The van der Waals surface area contributed by atoms with Crippen molar-refractivity contribution in [1.82, 2.24) is 9.88 Å². The quantitative estimate of drug-likeness (QED) is 0.845. The van der Waals surface area contributed by atoms with E-state index in [0.717, 1.165) is 10.9 Å². The van der Waals surface area contributed by atoms with Gasteiger partial charge >= 0.3 is 0 Å². The van der Waals surface area contributed by atoms with E-state index in [1.807, 2.05) is 31.2 Å². The molecular weight excluding hydrogens is 228 g/mol. The largest absolute Gasteiger partial charge is 0.386 e. The first-order chi connectivity index (χ1) is 8.63. The molecule has 1 amide bonds. The van der Waals surface area contributed by atoms with Crippen molar-refractivity contribution in [1.29, 1.82) is 0 Å². The van der Waals surface area contributed by atoms with E-state index >= 15 is 0 Å². The van der Waals surface area contributed by atoms with Crippen LogP contribution in [0.2, 0.25) is 0 Å². The van der Waals surface area contributed by atoms with Crippen molar-refractivity contribution in [3.63, 3.8) is 0 Å². The highest BCUT2D eigenvalue weighted by atomic mass is 16.3. The number of carbonyl (C=O) groups is 1. The van der Waals surface area contributed by atoms with Crippen LogP contribution in [0.5, 0.6) is 0 Å². The molecule has 0 unspecified atom stereocenters. The summed E-state index contributed by atoms with van der Waals surface area (Å²) in [7, 11) is 0. The lowest BCUT2D eigenvalue weighted by Gasteiger charge is -2.46. The zero-order valence-electron chi connectivity index (χ0n) is 10.3. The number of aromatic nitrogens is 1. The molecule has 1 fully saturated rings. The van der Waals surface area contributed by atoms with Crippen LogP contribution >= 0.6 is 0 Å². The number of β-amino-alcohol motifs (C(OH)–C–C–N with tert-alkyl or cyclic N) is 1. The normalized spacial score (nSPS) is 17.8. The summed E-state index contributed by atoms with van der Waals surface area (Å²) in [6, 6.07) is 7.74. The molecule has 2 N–H and O–H groups in total. The summed E-state index contributed by atoms with van der Waals surface area (Å²) in [5.74, 6) is -0.00873. The fraction of sp³-hybridized carbons (Fsp3) is 0.357. The number of fused-ring (bicyclic) bond motifs is 1. The van der Waals surface area contributed by atoms with Crippen LogP contribution in [0.1, 0.15) is 23.7 Å². The Morgan fingerprint density at radius 1 is 1.44 bits per heavy atom. The maximum Gasteiger partial charge on any atom is 0.256 e. The highest BCUT2D eigenvalue weighted by Crippen LogP contribution is 2.27. The Morgan fingerprint density at radius 3 is 2.89 bits per heavy atom. The maximum atomic E-state index is 12.3. The minimum absolute atomic E-state index is 0.00873. The lowest BCUT2D eigenvalue weighted by molar-refractivity contribution is -0.0825. The third kappa shape index (κ3) is 1.61. The van der Waals surface area contributed by atoms with Crippen LogP contribution in [0.25, 0.3) is 10.9 Å². The number of amides is 1. The fourth-order valence-electron chi connectivity index (χ4n) is 2.45. The van der Waals surface area contributed by atoms with Crippen molar-refractivity contribution >= 4 is 16.8 Å². The van der Waals surface area contributed by atoms with E-state index in [9.17, 15) is 9.90 Å². The van der Waals surface area contributed by atoms with Gasteiger partial charge in [0.1, 0.15) is 0 Å². The SMILES string of the molecule is CCC1(O)CN(C(=O)c2c[nH]c3ccccc23)C1. The molecule has 2 aromatic rings. The summed E-state index contributed by atoms with van der Waals surface area (Å²) in [6.45, 7) is 2.80. The van der Waals surface area contributed by atoms with Gasteiger partial charge in [0.25, 0.3) is 5.91 Å². The average molecular weight is 244 g/mol. The number of hydrogen-bond acceptors (Lipinski definition) is 2. The molecule has 1 aromatic carbocycles. The van der Waals surface area contributed by atoms with Crippen molar-refractivity contribution in [3.8, 4) is 0 Å². The standard InChI is InChI=1S/C14H16N2O2/c1-2-14(18)8-16(9-14)13(17)11-7-15-12-6-4-3-5-10(11)12/h3-7,15,18H,2,8-9H2,1H3. The molecule has 4 heteroatoms. The molecule has 1 aliphatic rings. The Hall–Kier alpha value is -1.81. The molecule has 3 rings (SSSR count). The zero-order valence-corrected chi connectivity index (χ0v) is 10.3. The number of rotatable bonds is 2. The van der Waals surface area contributed by atoms with Crippen molar-refractivity contribution in [3.05, 3.63) is 36.0 Å². The highest BCUT2D eigenvalue weighted by Gasteiger charge is 2.42. The topological polar surface area (TPSA) is 56.3 Å². The second-order valence-electron chi connectivity index (χ2n) is 4.99. The third-order valence-electron chi connectivity index (χ3n) is 3.74. The van der Waals surface area contributed by atoms with Crippen LogP contribution < -0.4 is 0 Å². The number of H-pyrrole nitrogens is 1. The highest BCUT2D eigenvalue weighted by molar-refractivity contribution is 6.07. The lowest BCUT2D eigenvalue weighted by atomic mass is 9.90. The van der Waals surface area contributed by atoms with E-state index in [1.54, 1.807) is 11.1 Å². The molecule has 4 nitrogen and oxygen atoms in total. The summed E-state index contributed by atoms with van der Waals surface area (Å²) in [6.07, 6.45) is 2.43. The van der Waals surface area contributed by atoms with Gasteiger partial charge in [-0.3, -0.25) is 4.79 Å². The Labute approximate surface area is 105 Å². The van der Waals surface area contributed by atoms with Gasteiger partial charge in [0.2, 0.25) is 0 Å². The summed E-state index contributed by atoms with van der Waals surface area (Å²) >= 11 is 0. The van der Waals surface area contributed by atoms with Gasteiger partial charge in [-0.05, 0) is 12.5 Å². The Balaban J connectivity index is 1.86. The van der Waals surface area contributed by atoms with E-state index in [0.29, 0.717) is 25.1 Å². The van der Waals surface area contributed by atoms with Gasteiger partial charge in [-0.2, -0.15) is 0 Å². The second-order valence-corrected chi connectivity index (χ2v) is 4.99. The molecular formula is C14H16N2O2. The van der Waals surface area contributed by atoms with E-state index in [2.05, 4.69) is 4.98 Å². The molecule has 0 radical (unpaired) electrons. The monoisotopic (exact) mass is 244 g/mol. The van der Waals surface area contributed by atoms with Gasteiger partial charge in [-0.25, -0.2) is 0 Å². The van der Waals surface area contributed by atoms with Gasteiger partial charge in [-0.15, -0.1) is 0 Å². The van der Waals surface area contributed by atoms with Crippen LogP contribution in [0, 0.1) is 0 Å². The summed E-state index contributed by atoms with van der Waals surface area (Å²) in [5, 5.41) is 10.9. The van der Waals surface area contributed by atoms with Crippen LogP contribution in [0.3, 0.4) is 0 Å². The van der Waals surface area contributed by atoms with Crippen molar-refractivity contribution in [2.24, 2.45) is 0 Å². The number of aromatic amines is 1. The fourth-order valence-corrected chi connectivity index (χ4v) is 2.45. The number of likely N-dealkylation sites (tertiary alicyclic amines) is 1. The molecule has 1 aromatic heterocycles. The molecule has 1 aliphatic heterocycles. The maximum absolute atomic E-state index is 12.3. The molecule has 18 heavy (non-hydrogen) atoms. The predicted molar refractivity (Wildman–Crippen MR) is 69.4 cm³/mol. The number of para-hydroxylation sites is 1. The molecule has 0 aliphatic carbocycles. The van der Waals surface area contributed by atoms with Crippen molar-refractivity contribution < 1.29 is 9.90 Å². The van der Waals surface area contributed by atoms with Gasteiger partial charge < -0.3 is 15.0 Å². The first-order valence-electron chi connectivity index (χ1n) is 6.21. The Kier molecular flexibility index (Phi) is 2.41.